The molecule has 120 valence electrons. The zero-order valence-corrected chi connectivity index (χ0v) is 14.7. The summed E-state index contributed by atoms with van der Waals surface area (Å²) in [6, 6.07) is 5.07. The summed E-state index contributed by atoms with van der Waals surface area (Å²) in [4.78, 5) is 0.324. The second-order valence-corrected chi connectivity index (χ2v) is 7.47. The molecule has 1 aromatic rings. The van der Waals surface area contributed by atoms with Crippen LogP contribution in [0.2, 0.25) is 5.02 Å². The van der Waals surface area contributed by atoms with Gasteiger partial charge < -0.3 is 5.32 Å². The van der Waals surface area contributed by atoms with Crippen LogP contribution in [0.3, 0.4) is 0 Å². The van der Waals surface area contributed by atoms with E-state index in [1.54, 1.807) is 29.4 Å². The first kappa shape index (κ1) is 18.7. The summed E-state index contributed by atoms with van der Waals surface area (Å²) >= 11 is 5.97. The van der Waals surface area contributed by atoms with Gasteiger partial charge in [0, 0.05) is 24.2 Å². The number of benzene rings is 1. The van der Waals surface area contributed by atoms with Gasteiger partial charge in [0.15, 0.2) is 0 Å². The van der Waals surface area contributed by atoms with Gasteiger partial charge in [-0.05, 0) is 44.0 Å². The Bertz CT molecular complexity index is 572. The lowest BCUT2D eigenvalue weighted by Gasteiger charge is -2.28. The Morgan fingerprint density at radius 1 is 1.43 bits per heavy atom. The van der Waals surface area contributed by atoms with Crippen molar-refractivity contribution in [3.05, 3.63) is 28.8 Å². The third kappa shape index (κ3) is 4.11. The third-order valence-electron chi connectivity index (χ3n) is 3.62. The van der Waals surface area contributed by atoms with E-state index in [2.05, 4.69) is 5.32 Å². The number of hydrogen-bond acceptors (Lipinski definition) is 3. The summed E-state index contributed by atoms with van der Waals surface area (Å²) in [7, 11) is -3.49. The van der Waals surface area contributed by atoms with Crippen molar-refractivity contribution in [1.29, 1.82) is 0 Å². The number of halogens is 2. The van der Waals surface area contributed by atoms with Gasteiger partial charge in [-0.3, -0.25) is 0 Å². The van der Waals surface area contributed by atoms with Crippen LogP contribution >= 0.6 is 24.0 Å². The number of sulfonamides is 1. The minimum absolute atomic E-state index is 0. The molecule has 0 amide bonds. The average Bonchev–Trinajstić information content (AvgIpc) is 2.92. The minimum Gasteiger partial charge on any atom is -0.315 e. The van der Waals surface area contributed by atoms with Crippen molar-refractivity contribution in [1.82, 2.24) is 9.62 Å². The fourth-order valence-corrected chi connectivity index (χ4v) is 4.82. The summed E-state index contributed by atoms with van der Waals surface area (Å²) in [5, 5.41) is 3.68. The molecule has 2 rings (SSSR count). The maximum absolute atomic E-state index is 12.9. The van der Waals surface area contributed by atoms with Gasteiger partial charge in [-0.15, -0.1) is 12.4 Å². The van der Waals surface area contributed by atoms with Gasteiger partial charge in [0.05, 0.1) is 4.90 Å². The topological polar surface area (TPSA) is 49.4 Å². The molecule has 1 unspecified atom stereocenters. The summed E-state index contributed by atoms with van der Waals surface area (Å²) < 4.78 is 27.5. The molecule has 1 aliphatic rings. The Balaban J connectivity index is 0.00000220. The van der Waals surface area contributed by atoms with Crippen LogP contribution in [-0.4, -0.2) is 38.4 Å². The minimum atomic E-state index is -3.49. The highest BCUT2D eigenvalue weighted by Gasteiger charge is 2.33. The van der Waals surface area contributed by atoms with Crippen LogP contribution in [0.1, 0.15) is 25.3 Å². The molecule has 1 aromatic carbocycles. The molecule has 1 N–H and O–H groups in total. The van der Waals surface area contributed by atoms with Gasteiger partial charge in [-0.1, -0.05) is 24.6 Å². The van der Waals surface area contributed by atoms with Crippen LogP contribution in [0.5, 0.6) is 0 Å². The normalized spacial score (nSPS) is 18.8. The second kappa shape index (κ2) is 7.79. The van der Waals surface area contributed by atoms with Crippen molar-refractivity contribution in [3.8, 4) is 0 Å². The molecule has 0 aliphatic carbocycles. The molecule has 0 aromatic heterocycles. The van der Waals surface area contributed by atoms with Gasteiger partial charge >= 0.3 is 0 Å². The van der Waals surface area contributed by atoms with Crippen LogP contribution in [0.15, 0.2) is 23.1 Å². The first-order valence-corrected chi connectivity index (χ1v) is 8.77. The van der Waals surface area contributed by atoms with E-state index < -0.39 is 10.0 Å². The predicted molar refractivity (Wildman–Crippen MR) is 88.9 cm³/mol. The number of hydrogen-bond donors (Lipinski definition) is 1. The Hall–Kier alpha value is -0.330. The molecule has 1 heterocycles. The van der Waals surface area contributed by atoms with Crippen molar-refractivity contribution < 1.29 is 8.42 Å². The van der Waals surface area contributed by atoms with Crippen LogP contribution in [0.4, 0.5) is 0 Å². The Morgan fingerprint density at radius 2 is 2.14 bits per heavy atom. The van der Waals surface area contributed by atoms with Crippen LogP contribution in [0, 0.1) is 6.92 Å². The van der Waals surface area contributed by atoms with Crippen molar-refractivity contribution in [2.24, 2.45) is 0 Å². The molecule has 4 nitrogen and oxygen atoms in total. The van der Waals surface area contributed by atoms with E-state index in [1.807, 2.05) is 6.92 Å². The first-order valence-electron chi connectivity index (χ1n) is 6.95. The molecule has 7 heteroatoms. The number of nitrogens with one attached hydrogen (secondary N) is 1. The molecule has 1 atom stereocenters. The standard InChI is InChI=1S/C14H21ClN2O2S.ClH/c1-3-8-17(13-6-7-16-10-13)20(18,19)14-9-12(15)5-4-11(14)2;/h4-5,9,13,16H,3,6-8,10H2,1-2H3;1H. The molecule has 0 radical (unpaired) electrons. The molecule has 21 heavy (non-hydrogen) atoms. The van der Waals surface area contributed by atoms with E-state index in [-0.39, 0.29) is 18.4 Å². The van der Waals surface area contributed by atoms with Crippen molar-refractivity contribution >= 4 is 34.0 Å². The van der Waals surface area contributed by atoms with Gasteiger partial charge in [0.2, 0.25) is 10.0 Å². The summed E-state index contributed by atoms with van der Waals surface area (Å²) in [5.74, 6) is 0. The lowest BCUT2D eigenvalue weighted by atomic mass is 10.2. The lowest BCUT2D eigenvalue weighted by Crippen LogP contribution is -2.42. The van der Waals surface area contributed by atoms with E-state index >= 15 is 0 Å². The third-order valence-corrected chi connectivity index (χ3v) is 5.95. The predicted octanol–water partition coefficient (Wildman–Crippen LogP) is 2.83. The van der Waals surface area contributed by atoms with E-state index in [9.17, 15) is 8.42 Å². The van der Waals surface area contributed by atoms with Crippen molar-refractivity contribution in [3.63, 3.8) is 0 Å². The van der Waals surface area contributed by atoms with E-state index in [4.69, 9.17) is 11.6 Å². The quantitative estimate of drug-likeness (QED) is 0.886. The van der Waals surface area contributed by atoms with Crippen molar-refractivity contribution in [2.75, 3.05) is 19.6 Å². The summed E-state index contributed by atoms with van der Waals surface area (Å²) in [6.07, 6.45) is 1.66. The van der Waals surface area contributed by atoms with Gasteiger partial charge in [0.1, 0.15) is 0 Å². The molecule has 0 saturated carbocycles. The van der Waals surface area contributed by atoms with E-state index in [1.165, 1.54) is 0 Å². The number of nitrogens with zero attached hydrogens (tertiary/aromatic N) is 1. The molecule has 0 spiro atoms. The van der Waals surface area contributed by atoms with Crippen molar-refractivity contribution in [2.45, 2.75) is 37.6 Å². The lowest BCUT2D eigenvalue weighted by molar-refractivity contribution is 0.335. The smallest absolute Gasteiger partial charge is 0.243 e. The zero-order valence-electron chi connectivity index (χ0n) is 12.3. The Labute approximate surface area is 138 Å². The van der Waals surface area contributed by atoms with Gasteiger partial charge in [0.25, 0.3) is 0 Å². The van der Waals surface area contributed by atoms with Crippen LogP contribution < -0.4 is 5.32 Å². The molecule has 0 bridgehead atoms. The Morgan fingerprint density at radius 3 is 2.71 bits per heavy atom. The molecule has 1 saturated heterocycles. The zero-order chi connectivity index (χ0) is 14.8. The largest absolute Gasteiger partial charge is 0.315 e. The molecule has 1 aliphatic heterocycles. The average molecular weight is 353 g/mol. The maximum Gasteiger partial charge on any atom is 0.243 e. The van der Waals surface area contributed by atoms with Gasteiger partial charge in [-0.2, -0.15) is 4.31 Å². The number of aryl methyl sites for hydroxylation is 1. The summed E-state index contributed by atoms with van der Waals surface area (Å²) in [5.41, 5.74) is 0.737. The maximum atomic E-state index is 12.9. The highest BCUT2D eigenvalue weighted by molar-refractivity contribution is 7.89. The fraction of sp³-hybridized carbons (Fsp3) is 0.571. The Kier molecular flexibility index (Phi) is 6.94. The second-order valence-electron chi connectivity index (χ2n) is 5.17. The monoisotopic (exact) mass is 352 g/mol. The highest BCUT2D eigenvalue weighted by atomic mass is 35.5. The van der Waals surface area contributed by atoms with E-state index in [0.29, 0.717) is 16.5 Å². The molecule has 1 fully saturated rings. The molecular weight excluding hydrogens is 331 g/mol. The van der Waals surface area contributed by atoms with Gasteiger partial charge in [-0.25, -0.2) is 8.42 Å². The fourth-order valence-electron chi connectivity index (χ4n) is 2.58. The first-order chi connectivity index (χ1) is 9.46. The van der Waals surface area contributed by atoms with Crippen LogP contribution in [-0.2, 0) is 10.0 Å². The molecular formula is C14H22Cl2N2O2S. The highest BCUT2D eigenvalue weighted by Crippen LogP contribution is 2.26. The number of rotatable bonds is 5. The SMILES string of the molecule is CCCN(C1CCNC1)S(=O)(=O)c1cc(Cl)ccc1C.Cl. The van der Waals surface area contributed by atoms with Crippen LogP contribution in [0.25, 0.3) is 0 Å². The summed E-state index contributed by atoms with van der Waals surface area (Å²) in [6.45, 7) is 5.93. The van der Waals surface area contributed by atoms with E-state index in [0.717, 1.165) is 31.5 Å².